The number of rotatable bonds is 11. The average molecular weight is 458 g/mol. The fourth-order valence-corrected chi connectivity index (χ4v) is 5.55. The third kappa shape index (κ3) is 6.81. The Morgan fingerprint density at radius 1 is 1.00 bits per heavy atom. The lowest BCUT2D eigenvalue weighted by Gasteiger charge is -2.25. The summed E-state index contributed by atoms with van der Waals surface area (Å²) in [4.78, 5) is 14.8. The van der Waals surface area contributed by atoms with Crippen molar-refractivity contribution in [2.45, 2.75) is 50.3 Å². The zero-order valence-corrected chi connectivity index (χ0v) is 19.8. The van der Waals surface area contributed by atoms with Crippen LogP contribution in [-0.4, -0.2) is 51.4 Å². The van der Waals surface area contributed by atoms with Gasteiger partial charge in [-0.1, -0.05) is 36.8 Å². The van der Waals surface area contributed by atoms with E-state index in [4.69, 9.17) is 0 Å². The van der Waals surface area contributed by atoms with Crippen LogP contribution in [0.3, 0.4) is 0 Å². The molecule has 1 fully saturated rings. The van der Waals surface area contributed by atoms with Crippen LogP contribution in [0.25, 0.3) is 0 Å². The first-order chi connectivity index (χ1) is 15.5. The van der Waals surface area contributed by atoms with Gasteiger partial charge in [0.05, 0.1) is 4.90 Å². The van der Waals surface area contributed by atoms with Crippen molar-refractivity contribution in [2.24, 2.45) is 0 Å². The molecule has 0 radical (unpaired) electrons. The van der Waals surface area contributed by atoms with Crippen LogP contribution in [0.1, 0.15) is 44.6 Å². The number of anilines is 1. The van der Waals surface area contributed by atoms with Crippen LogP contribution >= 0.6 is 0 Å². The number of hydrogen-bond donors (Lipinski definition) is 1. The third-order valence-electron chi connectivity index (χ3n) is 5.95. The lowest BCUT2D eigenvalue weighted by molar-refractivity contribution is -0.121. The number of para-hydroxylation sites is 1. The molecule has 0 atom stereocenters. The molecule has 1 amide bonds. The summed E-state index contributed by atoms with van der Waals surface area (Å²) >= 11 is 0. The van der Waals surface area contributed by atoms with Gasteiger partial charge in [0.25, 0.3) is 0 Å². The number of nitrogens with one attached hydrogen (secondary N) is 1. The van der Waals surface area contributed by atoms with E-state index in [-0.39, 0.29) is 5.91 Å². The van der Waals surface area contributed by atoms with Crippen LogP contribution < -0.4 is 10.2 Å². The molecule has 6 nitrogen and oxygen atoms in total. The Morgan fingerprint density at radius 2 is 1.69 bits per heavy atom. The summed E-state index contributed by atoms with van der Waals surface area (Å²) in [6.07, 6.45) is 4.83. The molecule has 0 saturated carbocycles. The zero-order chi connectivity index (χ0) is 22.8. The van der Waals surface area contributed by atoms with Gasteiger partial charge < -0.3 is 10.2 Å². The molecule has 0 unspecified atom stereocenters. The van der Waals surface area contributed by atoms with Crippen LogP contribution in [0.4, 0.5) is 5.69 Å². The van der Waals surface area contributed by atoms with Gasteiger partial charge in [0.15, 0.2) is 0 Å². The molecule has 0 spiro atoms. The molecule has 32 heavy (non-hydrogen) atoms. The predicted molar refractivity (Wildman–Crippen MR) is 129 cm³/mol. The molecule has 3 rings (SSSR count). The maximum atomic E-state index is 12.7. The van der Waals surface area contributed by atoms with E-state index in [2.05, 4.69) is 29.3 Å². The van der Waals surface area contributed by atoms with E-state index in [9.17, 15) is 13.2 Å². The second-order valence-corrected chi connectivity index (χ2v) is 10.2. The number of aryl methyl sites for hydroxylation is 1. The van der Waals surface area contributed by atoms with E-state index < -0.39 is 10.0 Å². The van der Waals surface area contributed by atoms with Gasteiger partial charge in [-0.2, -0.15) is 4.31 Å². The molecule has 0 aromatic heterocycles. The summed E-state index contributed by atoms with van der Waals surface area (Å²) < 4.78 is 27.0. The van der Waals surface area contributed by atoms with Gasteiger partial charge in [0.1, 0.15) is 0 Å². The molecule has 1 N–H and O–H groups in total. The third-order valence-corrected chi connectivity index (χ3v) is 7.86. The molecule has 2 aromatic carbocycles. The summed E-state index contributed by atoms with van der Waals surface area (Å²) in [5.74, 6) is 0.0257. The number of benzene rings is 2. The number of hydrogen-bond acceptors (Lipinski definition) is 4. The highest BCUT2D eigenvalue weighted by molar-refractivity contribution is 7.89. The minimum atomic E-state index is -3.40. The Hall–Kier alpha value is -2.38. The molecule has 0 aliphatic carbocycles. The fourth-order valence-electron chi connectivity index (χ4n) is 4.03. The maximum absolute atomic E-state index is 12.7. The molecule has 174 valence electrons. The number of piperidine rings is 1. The summed E-state index contributed by atoms with van der Waals surface area (Å²) in [6.45, 7) is 5.82. The van der Waals surface area contributed by atoms with E-state index in [0.717, 1.165) is 44.3 Å². The first kappa shape index (κ1) is 24.3. The van der Waals surface area contributed by atoms with Crippen molar-refractivity contribution in [1.29, 1.82) is 0 Å². The van der Waals surface area contributed by atoms with Crippen LogP contribution in [0.2, 0.25) is 0 Å². The Bertz CT molecular complexity index is 940. The molecule has 7 heteroatoms. The molecular weight excluding hydrogens is 422 g/mol. The predicted octanol–water partition coefficient (Wildman–Crippen LogP) is 3.83. The second-order valence-electron chi connectivity index (χ2n) is 8.23. The molecule has 2 aromatic rings. The fraction of sp³-hybridized carbons (Fsp3) is 0.480. The second kappa shape index (κ2) is 12.0. The summed E-state index contributed by atoms with van der Waals surface area (Å²) in [6, 6.07) is 17.3. The van der Waals surface area contributed by atoms with Crippen molar-refractivity contribution in [2.75, 3.05) is 37.6 Å². The van der Waals surface area contributed by atoms with Gasteiger partial charge in [0.2, 0.25) is 15.9 Å². The monoisotopic (exact) mass is 457 g/mol. The van der Waals surface area contributed by atoms with Crippen LogP contribution in [-0.2, 0) is 21.2 Å². The lowest BCUT2D eigenvalue weighted by atomic mass is 10.1. The van der Waals surface area contributed by atoms with E-state index in [1.54, 1.807) is 16.4 Å². The normalized spacial score (nSPS) is 14.8. The Labute approximate surface area is 192 Å². The molecule has 1 aliphatic rings. The number of nitrogens with zero attached hydrogens (tertiary/aromatic N) is 2. The zero-order valence-electron chi connectivity index (χ0n) is 19.0. The first-order valence-corrected chi connectivity index (χ1v) is 13.1. The molecule has 1 heterocycles. The molecule has 1 aliphatic heterocycles. The van der Waals surface area contributed by atoms with Crippen molar-refractivity contribution in [3.05, 3.63) is 60.2 Å². The highest BCUT2D eigenvalue weighted by atomic mass is 32.2. The largest absolute Gasteiger partial charge is 0.372 e. The van der Waals surface area contributed by atoms with Crippen molar-refractivity contribution < 1.29 is 13.2 Å². The van der Waals surface area contributed by atoms with Gasteiger partial charge in [-0.15, -0.1) is 0 Å². The quantitative estimate of drug-likeness (QED) is 0.521. The van der Waals surface area contributed by atoms with Crippen LogP contribution in [0.15, 0.2) is 59.5 Å². The minimum absolute atomic E-state index is 0.0257. The summed E-state index contributed by atoms with van der Waals surface area (Å²) in [5, 5.41) is 2.99. The van der Waals surface area contributed by atoms with Gasteiger partial charge >= 0.3 is 0 Å². The SMILES string of the molecule is CCN(CCCNC(=O)CCc1ccc(S(=O)(=O)N2CCCCC2)cc1)c1ccccc1. The van der Waals surface area contributed by atoms with Gasteiger partial charge in [-0.3, -0.25) is 4.79 Å². The number of carbonyl (C=O) groups is 1. The van der Waals surface area contributed by atoms with E-state index >= 15 is 0 Å². The molecule has 0 bridgehead atoms. The lowest BCUT2D eigenvalue weighted by Crippen LogP contribution is -2.35. The Balaban J connectivity index is 1.39. The molecular formula is C25H35N3O3S. The smallest absolute Gasteiger partial charge is 0.243 e. The standard InChI is InChI=1S/C25H35N3O3S/c1-2-27(23-10-5-3-6-11-23)19-9-18-26-25(29)17-14-22-12-15-24(16-13-22)32(30,31)28-20-7-4-8-21-28/h3,5-6,10-13,15-16H,2,4,7-9,14,17-21H2,1H3,(H,26,29). The van der Waals surface area contributed by atoms with Crippen molar-refractivity contribution >= 4 is 21.6 Å². The minimum Gasteiger partial charge on any atom is -0.372 e. The Morgan fingerprint density at radius 3 is 2.34 bits per heavy atom. The average Bonchev–Trinajstić information content (AvgIpc) is 2.84. The van der Waals surface area contributed by atoms with E-state index in [0.29, 0.717) is 37.4 Å². The van der Waals surface area contributed by atoms with E-state index in [1.165, 1.54) is 5.69 Å². The van der Waals surface area contributed by atoms with Gasteiger partial charge in [-0.05, 0) is 62.4 Å². The van der Waals surface area contributed by atoms with Crippen molar-refractivity contribution in [3.63, 3.8) is 0 Å². The van der Waals surface area contributed by atoms with Crippen molar-refractivity contribution in [3.8, 4) is 0 Å². The number of carbonyl (C=O) groups excluding carboxylic acids is 1. The maximum Gasteiger partial charge on any atom is 0.243 e. The molecule has 1 saturated heterocycles. The van der Waals surface area contributed by atoms with Gasteiger partial charge in [-0.25, -0.2) is 8.42 Å². The highest BCUT2D eigenvalue weighted by Crippen LogP contribution is 2.21. The Kier molecular flexibility index (Phi) is 9.11. The topological polar surface area (TPSA) is 69.7 Å². The summed E-state index contributed by atoms with van der Waals surface area (Å²) in [7, 11) is -3.40. The first-order valence-electron chi connectivity index (χ1n) is 11.7. The van der Waals surface area contributed by atoms with E-state index in [1.807, 2.05) is 30.3 Å². The number of sulfonamides is 1. The highest BCUT2D eigenvalue weighted by Gasteiger charge is 2.25. The van der Waals surface area contributed by atoms with Crippen molar-refractivity contribution in [1.82, 2.24) is 9.62 Å². The van der Waals surface area contributed by atoms with Gasteiger partial charge in [0, 0.05) is 44.8 Å². The van der Waals surface area contributed by atoms with Crippen LogP contribution in [0.5, 0.6) is 0 Å². The number of amides is 1. The summed E-state index contributed by atoms with van der Waals surface area (Å²) in [5.41, 5.74) is 2.17. The van der Waals surface area contributed by atoms with Crippen LogP contribution in [0, 0.1) is 0 Å².